The quantitative estimate of drug-likeness (QED) is 0.162. The Hall–Kier alpha value is -8.01. The van der Waals surface area contributed by atoms with Crippen molar-refractivity contribution in [2.75, 3.05) is 0 Å². The maximum atomic E-state index is 9.54. The van der Waals surface area contributed by atoms with Crippen LogP contribution in [0.1, 0.15) is 19.2 Å². The normalized spacial score (nSPS) is 14.6. The Kier molecular flexibility index (Phi) is 5.87. The van der Waals surface area contributed by atoms with Gasteiger partial charge in [-0.25, -0.2) is 15.0 Å². The highest BCUT2D eigenvalue weighted by molar-refractivity contribution is 5.96. The predicted molar refractivity (Wildman–Crippen MR) is 250 cm³/mol. The summed E-state index contributed by atoms with van der Waals surface area (Å²) >= 11 is 0. The van der Waals surface area contributed by atoms with Gasteiger partial charge < -0.3 is 0 Å². The lowest BCUT2D eigenvalue weighted by molar-refractivity contribution is 1.08. The first-order valence-electron chi connectivity index (χ1n) is 26.2. The molecule has 0 N–H and O–H groups in total. The van der Waals surface area contributed by atoms with Crippen molar-refractivity contribution < 1.29 is 19.2 Å². The first-order chi connectivity index (χ1) is 35.5. The molecule has 0 aliphatic rings. The monoisotopic (exact) mass is 777 g/mol. The zero-order valence-corrected chi connectivity index (χ0v) is 31.6. The van der Waals surface area contributed by atoms with Crippen LogP contribution in [-0.2, 0) is 0 Å². The fourth-order valence-electron chi connectivity index (χ4n) is 7.40. The van der Waals surface area contributed by atoms with Gasteiger partial charge in [0, 0.05) is 16.7 Å². The van der Waals surface area contributed by atoms with Crippen LogP contribution in [0.4, 0.5) is 0 Å². The van der Waals surface area contributed by atoms with Gasteiger partial charge in [0.2, 0.25) is 0 Å². The Morgan fingerprint density at radius 2 is 0.783 bits per heavy atom. The maximum Gasteiger partial charge on any atom is 0.164 e. The molecule has 0 bridgehead atoms. The van der Waals surface area contributed by atoms with E-state index in [1.807, 2.05) is 103 Å². The van der Waals surface area contributed by atoms with E-state index < -0.39 is 84.6 Å². The molecule has 0 radical (unpaired) electrons. The molecule has 0 aliphatic heterocycles. The lowest BCUT2D eigenvalue weighted by Crippen LogP contribution is -2.01. The summed E-state index contributed by atoms with van der Waals surface area (Å²) in [7, 11) is 0. The summed E-state index contributed by atoms with van der Waals surface area (Å²) in [5.74, 6) is -0.200. The van der Waals surface area contributed by atoms with Gasteiger partial charge in [0.05, 0.1) is 19.2 Å². The largest absolute Gasteiger partial charge is 0.208 e. The van der Waals surface area contributed by atoms with Crippen LogP contribution < -0.4 is 0 Å². The van der Waals surface area contributed by atoms with Crippen molar-refractivity contribution in [2.45, 2.75) is 0 Å². The number of aromatic nitrogens is 3. The zero-order chi connectivity index (χ0) is 52.0. The summed E-state index contributed by atoms with van der Waals surface area (Å²) < 4.78 is 124. The molecule has 10 aromatic carbocycles. The van der Waals surface area contributed by atoms with E-state index in [0.29, 0.717) is 16.7 Å². The van der Waals surface area contributed by atoms with E-state index in [2.05, 4.69) is 6.07 Å². The molecule has 0 spiro atoms. The van der Waals surface area contributed by atoms with Crippen molar-refractivity contribution in [3.63, 3.8) is 0 Å². The molecule has 0 amide bonds. The number of nitrogens with zero attached hydrogens (tertiary/aromatic N) is 3. The Morgan fingerprint density at radius 1 is 0.283 bits per heavy atom. The van der Waals surface area contributed by atoms with Gasteiger partial charge >= 0.3 is 0 Å². The SMILES string of the molecule is [2H]c1c([2H])c([2H])c2c([2H])c(-c3cc(-c4ccc5cc(-c6ccccc6)ccc5c4)cc(-c4nc(-c5ccc(-c6ccccc6)cc5)nc(-c5c([2H])c([2H])c([2H])c6c([2H])c([2H])c([2H])c([2H])c56)n4)c3)c([2H])c([2H])c2c1[2H]. The molecule has 3 nitrogen and oxygen atoms in total. The van der Waals surface area contributed by atoms with Crippen molar-refractivity contribution in [1.82, 2.24) is 15.0 Å². The smallest absolute Gasteiger partial charge is 0.164 e. The summed E-state index contributed by atoms with van der Waals surface area (Å²) in [4.78, 5) is 14.7. The second kappa shape index (κ2) is 15.1. The van der Waals surface area contributed by atoms with E-state index in [4.69, 9.17) is 30.0 Å². The van der Waals surface area contributed by atoms with E-state index in [9.17, 15) is 4.11 Å². The van der Waals surface area contributed by atoms with Crippen LogP contribution in [0.2, 0.25) is 0 Å². The fraction of sp³-hybridized carbons (Fsp3) is 0. The molecule has 60 heavy (non-hydrogen) atoms. The molecule has 11 rings (SSSR count). The molecule has 0 saturated carbocycles. The summed E-state index contributed by atoms with van der Waals surface area (Å²) in [5.41, 5.74) is 5.76. The van der Waals surface area contributed by atoms with E-state index in [1.165, 1.54) is 0 Å². The summed E-state index contributed by atoms with van der Waals surface area (Å²) in [6, 6.07) is 36.3. The van der Waals surface area contributed by atoms with Crippen LogP contribution in [0.15, 0.2) is 224 Å². The molecule has 0 unspecified atom stereocenters. The van der Waals surface area contributed by atoms with Gasteiger partial charge in [0.25, 0.3) is 0 Å². The van der Waals surface area contributed by atoms with E-state index in [-0.39, 0.29) is 61.3 Å². The van der Waals surface area contributed by atoms with Gasteiger partial charge in [-0.05, 0) is 113 Å². The van der Waals surface area contributed by atoms with Crippen molar-refractivity contribution in [3.05, 3.63) is 224 Å². The average molecular weight is 778 g/mol. The van der Waals surface area contributed by atoms with Gasteiger partial charge in [-0.3, -0.25) is 0 Å². The molecular formula is C57H37N3. The maximum absolute atomic E-state index is 9.54. The first-order valence-corrected chi connectivity index (χ1v) is 19.2. The average Bonchev–Trinajstić information content (AvgIpc) is 3.43. The molecule has 1 aromatic heterocycles. The van der Waals surface area contributed by atoms with Gasteiger partial charge in [-0.1, -0.05) is 188 Å². The van der Waals surface area contributed by atoms with Crippen LogP contribution >= 0.6 is 0 Å². The highest BCUT2D eigenvalue weighted by atomic mass is 15.0. The number of rotatable bonds is 7. The Morgan fingerprint density at radius 3 is 1.50 bits per heavy atom. The van der Waals surface area contributed by atoms with Crippen molar-refractivity contribution in [3.8, 4) is 78.7 Å². The van der Waals surface area contributed by atoms with Gasteiger partial charge in [0.1, 0.15) is 0 Å². The number of hydrogen-bond acceptors (Lipinski definition) is 3. The molecule has 1 heterocycles. The molecular weight excluding hydrogens is 727 g/mol. The molecule has 0 fully saturated rings. The molecule has 0 saturated heterocycles. The zero-order valence-electron chi connectivity index (χ0n) is 45.6. The third kappa shape index (κ3) is 6.78. The third-order valence-electron chi connectivity index (χ3n) is 10.4. The van der Waals surface area contributed by atoms with Crippen LogP contribution in [0, 0.1) is 0 Å². The molecule has 0 atom stereocenters. The summed E-state index contributed by atoms with van der Waals surface area (Å²) in [6.45, 7) is 0. The molecule has 3 heteroatoms. The molecule has 11 aromatic rings. The van der Waals surface area contributed by atoms with Crippen LogP contribution in [-0.4, -0.2) is 15.0 Å². The number of hydrogen-bond donors (Lipinski definition) is 0. The predicted octanol–water partition coefficient (Wildman–Crippen LogP) is 15.0. The third-order valence-corrected chi connectivity index (χ3v) is 10.4. The van der Waals surface area contributed by atoms with E-state index >= 15 is 0 Å². The van der Waals surface area contributed by atoms with Gasteiger partial charge in [-0.15, -0.1) is 0 Å². The minimum absolute atomic E-state index is 0.0322. The highest BCUT2D eigenvalue weighted by Gasteiger charge is 2.17. The number of fused-ring (bicyclic) bond motifs is 3. The van der Waals surface area contributed by atoms with Crippen molar-refractivity contribution in [1.29, 1.82) is 0 Å². The van der Waals surface area contributed by atoms with Gasteiger partial charge in [0.15, 0.2) is 17.5 Å². The molecule has 280 valence electrons. The van der Waals surface area contributed by atoms with Gasteiger partial charge in [-0.2, -0.15) is 0 Å². The van der Waals surface area contributed by atoms with Crippen molar-refractivity contribution >= 4 is 32.3 Å². The van der Waals surface area contributed by atoms with E-state index in [0.717, 1.165) is 33.0 Å². The second-order valence-corrected chi connectivity index (χ2v) is 14.2. The summed E-state index contributed by atoms with van der Waals surface area (Å²) in [6.07, 6.45) is 0. The van der Waals surface area contributed by atoms with Crippen molar-refractivity contribution in [2.24, 2.45) is 0 Å². The standard InChI is InChI=1S/C57H37N3/c1-3-12-38(13-4-1)41-22-25-43(26-23-41)55-58-56(60-57(59-55)54-21-11-19-42-17-9-10-20-53(42)54)52-36-50(48-27-24-40-16-7-8-18-44(40)32-48)35-51(37-52)49-31-30-46-33-45(28-29-47(46)34-49)39-14-5-2-6-15-39/h1-37H/i7D,8D,9D,10D,11D,16D,17D,18D,19D,20D,21D,24D,27D,32D. The van der Waals surface area contributed by atoms with Crippen LogP contribution in [0.25, 0.3) is 111 Å². The lowest BCUT2D eigenvalue weighted by Gasteiger charge is -2.14. The Labute approximate surface area is 368 Å². The fourth-order valence-corrected chi connectivity index (χ4v) is 7.40. The van der Waals surface area contributed by atoms with Crippen LogP contribution in [0.3, 0.4) is 0 Å². The number of benzene rings is 10. The Bertz CT molecular complexity index is 4160. The Balaban J connectivity index is 1.21. The van der Waals surface area contributed by atoms with E-state index in [1.54, 1.807) is 30.3 Å². The second-order valence-electron chi connectivity index (χ2n) is 14.2. The first kappa shape index (κ1) is 23.4. The minimum Gasteiger partial charge on any atom is -0.208 e. The minimum atomic E-state index is -0.623. The van der Waals surface area contributed by atoms with Crippen LogP contribution in [0.5, 0.6) is 0 Å². The summed E-state index contributed by atoms with van der Waals surface area (Å²) in [5, 5.41) is 0.830. The highest BCUT2D eigenvalue weighted by Crippen LogP contribution is 2.37. The topological polar surface area (TPSA) is 38.7 Å². The lowest BCUT2D eigenvalue weighted by atomic mass is 9.93. The molecule has 0 aliphatic carbocycles.